The van der Waals surface area contributed by atoms with Gasteiger partial charge in [0, 0.05) is 5.57 Å². The number of carboxylic acids is 1. The Morgan fingerprint density at radius 1 is 1.00 bits per heavy atom. The summed E-state index contributed by atoms with van der Waals surface area (Å²) in [6.45, 7) is 3.23. The Labute approximate surface area is 112 Å². The lowest BCUT2D eigenvalue weighted by atomic mass is 9.84. The third kappa shape index (κ3) is 2.95. The van der Waals surface area contributed by atoms with Crippen molar-refractivity contribution in [2.45, 2.75) is 37.3 Å². The number of alkyl halides is 9. The zero-order valence-corrected chi connectivity index (χ0v) is 10.2. The van der Waals surface area contributed by atoms with E-state index in [1.807, 2.05) is 0 Å². The molecule has 0 saturated carbocycles. The summed E-state index contributed by atoms with van der Waals surface area (Å²) in [5.74, 6) is -25.2. The second-order valence-electron chi connectivity index (χ2n) is 4.06. The Bertz CT molecular complexity index is 425. The van der Waals surface area contributed by atoms with Crippen LogP contribution in [0.2, 0.25) is 0 Å². The molecule has 0 fully saturated rings. The molecule has 0 aliphatic carbocycles. The van der Waals surface area contributed by atoms with E-state index in [-0.39, 0.29) is 0 Å². The molecule has 1 N–H and O–H groups in total. The molecule has 0 aliphatic heterocycles. The number of hydrogen-bond acceptors (Lipinski definition) is 1. The standard InChI is InChI=1S/C10H9F9O2/c1-3-5(4(2)6(20)21)7(11,12)8(13,14)9(15,16)10(17,18)19/h5H,2-3H2,1H3,(H,20,21). The van der Waals surface area contributed by atoms with Crippen molar-refractivity contribution in [1.82, 2.24) is 0 Å². The van der Waals surface area contributed by atoms with Gasteiger partial charge in [0.05, 0.1) is 5.92 Å². The van der Waals surface area contributed by atoms with Gasteiger partial charge in [-0.1, -0.05) is 13.5 Å². The lowest BCUT2D eigenvalue weighted by molar-refractivity contribution is -0.401. The first-order valence-electron chi connectivity index (χ1n) is 5.17. The Hall–Kier alpha value is -1.42. The summed E-state index contributed by atoms with van der Waals surface area (Å²) in [5.41, 5.74) is -1.60. The average molecular weight is 332 g/mol. The largest absolute Gasteiger partial charge is 0.478 e. The highest BCUT2D eigenvalue weighted by Crippen LogP contribution is 2.56. The monoisotopic (exact) mass is 332 g/mol. The first kappa shape index (κ1) is 19.6. The molecule has 0 aromatic rings. The summed E-state index contributed by atoms with van der Waals surface area (Å²) in [6.07, 6.45) is -8.08. The van der Waals surface area contributed by atoms with E-state index >= 15 is 0 Å². The molecule has 1 atom stereocenters. The van der Waals surface area contributed by atoms with Crippen molar-refractivity contribution in [1.29, 1.82) is 0 Å². The lowest BCUT2D eigenvalue weighted by Crippen LogP contribution is -2.63. The van der Waals surface area contributed by atoms with Crippen LogP contribution < -0.4 is 0 Å². The molecule has 0 aliphatic rings. The highest BCUT2D eigenvalue weighted by atomic mass is 19.4. The highest BCUT2D eigenvalue weighted by molar-refractivity contribution is 5.86. The summed E-state index contributed by atoms with van der Waals surface area (Å²) in [6, 6.07) is 0. The van der Waals surface area contributed by atoms with Crippen molar-refractivity contribution in [3.63, 3.8) is 0 Å². The van der Waals surface area contributed by atoms with Gasteiger partial charge in [-0.2, -0.15) is 39.5 Å². The van der Waals surface area contributed by atoms with Crippen molar-refractivity contribution in [2.24, 2.45) is 5.92 Å². The van der Waals surface area contributed by atoms with Gasteiger partial charge in [-0.25, -0.2) is 4.79 Å². The SMILES string of the molecule is C=C(C(=O)O)C(CC)C(F)(F)C(F)(F)C(F)(F)C(F)(F)F. The number of carboxylic acid groups (broad SMARTS) is 1. The van der Waals surface area contributed by atoms with Crippen LogP contribution in [0.15, 0.2) is 12.2 Å². The van der Waals surface area contributed by atoms with Gasteiger partial charge in [0.25, 0.3) is 0 Å². The molecule has 0 spiro atoms. The second-order valence-corrected chi connectivity index (χ2v) is 4.06. The molecule has 0 rings (SSSR count). The molecule has 21 heavy (non-hydrogen) atoms. The molecule has 2 nitrogen and oxygen atoms in total. The number of halogens is 9. The minimum Gasteiger partial charge on any atom is -0.478 e. The Morgan fingerprint density at radius 3 is 1.62 bits per heavy atom. The van der Waals surface area contributed by atoms with Crippen LogP contribution in [0.4, 0.5) is 39.5 Å². The third-order valence-corrected chi connectivity index (χ3v) is 2.71. The van der Waals surface area contributed by atoms with E-state index in [0.717, 1.165) is 0 Å². The maximum atomic E-state index is 13.4. The van der Waals surface area contributed by atoms with Gasteiger partial charge in [0.1, 0.15) is 0 Å². The fourth-order valence-corrected chi connectivity index (χ4v) is 1.48. The van der Waals surface area contributed by atoms with Gasteiger partial charge in [-0.05, 0) is 6.42 Å². The normalized spacial score (nSPS) is 15.7. The van der Waals surface area contributed by atoms with Gasteiger partial charge in [0.15, 0.2) is 0 Å². The molecule has 0 amide bonds. The van der Waals surface area contributed by atoms with Gasteiger partial charge < -0.3 is 5.11 Å². The number of carbonyl (C=O) groups is 1. The molecule has 11 heteroatoms. The number of hydrogen-bond donors (Lipinski definition) is 1. The fraction of sp³-hybridized carbons (Fsp3) is 0.700. The van der Waals surface area contributed by atoms with E-state index in [9.17, 15) is 44.3 Å². The van der Waals surface area contributed by atoms with Crippen molar-refractivity contribution in [3.05, 3.63) is 12.2 Å². The quantitative estimate of drug-likeness (QED) is 0.587. The van der Waals surface area contributed by atoms with Crippen molar-refractivity contribution in [3.8, 4) is 0 Å². The smallest absolute Gasteiger partial charge is 0.460 e. The van der Waals surface area contributed by atoms with Crippen molar-refractivity contribution in [2.75, 3.05) is 0 Å². The van der Waals surface area contributed by atoms with E-state index in [1.54, 1.807) is 0 Å². The van der Waals surface area contributed by atoms with Crippen molar-refractivity contribution < 1.29 is 49.4 Å². The van der Waals surface area contributed by atoms with E-state index < -0.39 is 47.8 Å². The topological polar surface area (TPSA) is 37.3 Å². The van der Waals surface area contributed by atoms with E-state index in [1.165, 1.54) is 0 Å². The average Bonchev–Trinajstić information content (AvgIpc) is 2.27. The molecule has 0 bridgehead atoms. The summed E-state index contributed by atoms with van der Waals surface area (Å²) in [5, 5.41) is 8.39. The zero-order chi connectivity index (χ0) is 17.4. The van der Waals surface area contributed by atoms with Crippen LogP contribution in [-0.2, 0) is 4.79 Å². The number of aliphatic carboxylic acids is 1. The second kappa shape index (κ2) is 5.41. The maximum absolute atomic E-state index is 13.4. The fourth-order valence-electron chi connectivity index (χ4n) is 1.48. The molecule has 0 radical (unpaired) electrons. The van der Waals surface area contributed by atoms with Crippen LogP contribution in [0.1, 0.15) is 13.3 Å². The van der Waals surface area contributed by atoms with Crippen LogP contribution in [0.5, 0.6) is 0 Å². The van der Waals surface area contributed by atoms with Crippen LogP contribution >= 0.6 is 0 Å². The third-order valence-electron chi connectivity index (χ3n) is 2.71. The zero-order valence-electron chi connectivity index (χ0n) is 10.2. The van der Waals surface area contributed by atoms with Gasteiger partial charge in [0.2, 0.25) is 0 Å². The molecule has 0 saturated heterocycles. The van der Waals surface area contributed by atoms with Gasteiger partial charge in [-0.15, -0.1) is 0 Å². The molecule has 0 aromatic heterocycles. The van der Waals surface area contributed by atoms with Crippen molar-refractivity contribution >= 4 is 5.97 Å². The predicted octanol–water partition coefficient (Wildman–Crippen LogP) is 4.12. The molecule has 124 valence electrons. The van der Waals surface area contributed by atoms with Crippen LogP contribution in [0, 0.1) is 5.92 Å². The highest BCUT2D eigenvalue weighted by Gasteiger charge is 2.82. The van der Waals surface area contributed by atoms with Crippen LogP contribution in [0.25, 0.3) is 0 Å². The molecule has 1 unspecified atom stereocenters. The Kier molecular flexibility index (Phi) is 5.04. The molecular formula is C10H9F9O2. The summed E-state index contributed by atoms with van der Waals surface area (Å²) in [4.78, 5) is 10.4. The predicted molar refractivity (Wildman–Crippen MR) is 51.5 cm³/mol. The first-order valence-corrected chi connectivity index (χ1v) is 5.17. The minimum absolute atomic E-state index is 0.717. The van der Waals surface area contributed by atoms with Gasteiger partial charge in [-0.3, -0.25) is 0 Å². The first-order chi connectivity index (χ1) is 9.05. The molecule has 0 aromatic carbocycles. The maximum Gasteiger partial charge on any atom is 0.460 e. The van der Waals surface area contributed by atoms with E-state index in [4.69, 9.17) is 5.11 Å². The van der Waals surface area contributed by atoms with Gasteiger partial charge >= 0.3 is 29.9 Å². The minimum atomic E-state index is -7.05. The van der Waals surface area contributed by atoms with Crippen LogP contribution in [-0.4, -0.2) is 35.0 Å². The Balaban J connectivity index is 5.97. The lowest BCUT2D eigenvalue weighted by Gasteiger charge is -2.37. The number of rotatable bonds is 6. The summed E-state index contributed by atoms with van der Waals surface area (Å²) >= 11 is 0. The molecular weight excluding hydrogens is 323 g/mol. The molecule has 0 heterocycles. The summed E-state index contributed by atoms with van der Waals surface area (Å²) < 4.78 is 114. The van der Waals surface area contributed by atoms with Crippen LogP contribution in [0.3, 0.4) is 0 Å². The van der Waals surface area contributed by atoms with E-state index in [0.29, 0.717) is 6.92 Å². The summed E-state index contributed by atoms with van der Waals surface area (Å²) in [7, 11) is 0. The Morgan fingerprint density at radius 2 is 1.38 bits per heavy atom. The van der Waals surface area contributed by atoms with E-state index in [2.05, 4.69) is 6.58 Å².